The highest BCUT2D eigenvalue weighted by Crippen LogP contribution is 2.22. The van der Waals surface area contributed by atoms with Gasteiger partial charge in [-0.1, -0.05) is 11.6 Å². The van der Waals surface area contributed by atoms with Crippen LogP contribution in [-0.2, 0) is 4.79 Å². The zero-order valence-electron chi connectivity index (χ0n) is 10.6. The van der Waals surface area contributed by atoms with E-state index in [1.165, 1.54) is 6.20 Å². The lowest BCUT2D eigenvalue weighted by Gasteiger charge is -2.30. The van der Waals surface area contributed by atoms with E-state index in [0.29, 0.717) is 36.5 Å². The molecule has 5 nitrogen and oxygen atoms in total. The molecule has 0 aliphatic carbocycles. The first-order chi connectivity index (χ1) is 8.99. The second kappa shape index (κ2) is 5.57. The third-order valence-electron chi connectivity index (χ3n) is 3.35. The van der Waals surface area contributed by atoms with Crippen molar-refractivity contribution in [1.82, 2.24) is 9.88 Å². The molecular weight excluding hydrogens is 268 g/mol. The SMILES string of the molecule is Cc1cc(Cl)c(C(=O)N2CCC(C(=O)O)CC2)cn1. The minimum Gasteiger partial charge on any atom is -0.481 e. The van der Waals surface area contributed by atoms with Crippen molar-refractivity contribution in [3.05, 3.63) is 28.5 Å². The van der Waals surface area contributed by atoms with Crippen LogP contribution in [0.15, 0.2) is 12.3 Å². The van der Waals surface area contributed by atoms with Gasteiger partial charge in [0.1, 0.15) is 0 Å². The summed E-state index contributed by atoms with van der Waals surface area (Å²) in [6.07, 6.45) is 2.44. The average molecular weight is 283 g/mol. The van der Waals surface area contributed by atoms with Crippen LogP contribution in [0.2, 0.25) is 5.02 Å². The number of aromatic nitrogens is 1. The van der Waals surface area contributed by atoms with Gasteiger partial charge in [-0.05, 0) is 25.8 Å². The number of piperidine rings is 1. The summed E-state index contributed by atoms with van der Waals surface area (Å²) in [4.78, 5) is 28.8. The number of amides is 1. The fourth-order valence-electron chi connectivity index (χ4n) is 2.18. The molecule has 0 aromatic carbocycles. The highest BCUT2D eigenvalue weighted by molar-refractivity contribution is 6.33. The molecule has 2 rings (SSSR count). The number of hydrogen-bond donors (Lipinski definition) is 1. The Morgan fingerprint density at radius 3 is 2.58 bits per heavy atom. The van der Waals surface area contributed by atoms with Gasteiger partial charge in [-0.15, -0.1) is 0 Å². The Morgan fingerprint density at radius 2 is 2.05 bits per heavy atom. The average Bonchev–Trinajstić information content (AvgIpc) is 2.38. The van der Waals surface area contributed by atoms with Crippen molar-refractivity contribution >= 4 is 23.5 Å². The molecule has 1 aromatic rings. The minimum absolute atomic E-state index is 0.179. The van der Waals surface area contributed by atoms with E-state index in [1.807, 2.05) is 0 Å². The van der Waals surface area contributed by atoms with Crippen LogP contribution in [0.4, 0.5) is 0 Å². The number of pyridine rings is 1. The van der Waals surface area contributed by atoms with Gasteiger partial charge < -0.3 is 10.0 Å². The molecule has 0 unspecified atom stereocenters. The zero-order chi connectivity index (χ0) is 14.0. The monoisotopic (exact) mass is 282 g/mol. The second-order valence-corrected chi connectivity index (χ2v) is 5.12. The van der Waals surface area contributed by atoms with Crippen molar-refractivity contribution < 1.29 is 14.7 Å². The first-order valence-electron chi connectivity index (χ1n) is 6.13. The Labute approximate surface area is 116 Å². The molecule has 0 saturated carbocycles. The Morgan fingerprint density at radius 1 is 1.42 bits per heavy atom. The highest BCUT2D eigenvalue weighted by Gasteiger charge is 2.28. The number of likely N-dealkylation sites (tertiary alicyclic amines) is 1. The second-order valence-electron chi connectivity index (χ2n) is 4.71. The molecule has 1 amide bonds. The highest BCUT2D eigenvalue weighted by atomic mass is 35.5. The Kier molecular flexibility index (Phi) is 4.04. The molecule has 0 spiro atoms. The Bertz CT molecular complexity index is 511. The van der Waals surface area contributed by atoms with E-state index < -0.39 is 5.97 Å². The summed E-state index contributed by atoms with van der Waals surface area (Å²) in [6, 6.07) is 1.65. The molecule has 1 aliphatic heterocycles. The molecule has 0 radical (unpaired) electrons. The number of halogens is 1. The van der Waals surface area contributed by atoms with E-state index in [9.17, 15) is 9.59 Å². The molecule has 19 heavy (non-hydrogen) atoms. The van der Waals surface area contributed by atoms with Crippen LogP contribution in [0.3, 0.4) is 0 Å². The molecule has 6 heteroatoms. The summed E-state index contributed by atoms with van der Waals surface area (Å²) in [6.45, 7) is 2.69. The van der Waals surface area contributed by atoms with Gasteiger partial charge in [-0.25, -0.2) is 0 Å². The first-order valence-corrected chi connectivity index (χ1v) is 6.51. The molecule has 1 fully saturated rings. The quantitative estimate of drug-likeness (QED) is 0.900. The lowest BCUT2D eigenvalue weighted by Crippen LogP contribution is -2.40. The van der Waals surface area contributed by atoms with Crippen LogP contribution in [0.5, 0.6) is 0 Å². The maximum absolute atomic E-state index is 12.3. The van der Waals surface area contributed by atoms with Gasteiger partial charge >= 0.3 is 5.97 Å². The van der Waals surface area contributed by atoms with Gasteiger partial charge in [0, 0.05) is 25.0 Å². The van der Waals surface area contributed by atoms with Crippen LogP contribution in [0.1, 0.15) is 28.9 Å². The summed E-state index contributed by atoms with van der Waals surface area (Å²) < 4.78 is 0. The van der Waals surface area contributed by atoms with Gasteiger partial charge in [0.2, 0.25) is 0 Å². The van der Waals surface area contributed by atoms with Gasteiger partial charge in [-0.2, -0.15) is 0 Å². The smallest absolute Gasteiger partial charge is 0.306 e. The van der Waals surface area contributed by atoms with Crippen molar-refractivity contribution in [3.63, 3.8) is 0 Å². The van der Waals surface area contributed by atoms with Crippen LogP contribution >= 0.6 is 11.6 Å². The minimum atomic E-state index is -0.790. The standard InChI is InChI=1S/C13H15ClN2O3/c1-8-6-11(14)10(7-15-8)12(17)16-4-2-9(3-5-16)13(18)19/h6-7,9H,2-5H2,1H3,(H,18,19). The number of rotatable bonds is 2. The van der Waals surface area contributed by atoms with Gasteiger partial charge in [0.05, 0.1) is 16.5 Å². The third kappa shape index (κ3) is 3.04. The molecular formula is C13H15ClN2O3. The van der Waals surface area contributed by atoms with Crippen LogP contribution in [0.25, 0.3) is 0 Å². The number of aliphatic carboxylic acids is 1. The molecule has 102 valence electrons. The van der Waals surface area contributed by atoms with Gasteiger partial charge in [0.25, 0.3) is 5.91 Å². The lowest BCUT2D eigenvalue weighted by molar-refractivity contribution is -0.143. The van der Waals surface area contributed by atoms with E-state index >= 15 is 0 Å². The van der Waals surface area contributed by atoms with E-state index in [2.05, 4.69) is 4.98 Å². The first kappa shape index (κ1) is 13.8. The molecule has 1 aromatic heterocycles. The number of nitrogens with zero attached hydrogens (tertiary/aromatic N) is 2. The fourth-order valence-corrected chi connectivity index (χ4v) is 2.47. The fraction of sp³-hybridized carbons (Fsp3) is 0.462. The maximum Gasteiger partial charge on any atom is 0.306 e. The number of carboxylic acid groups (broad SMARTS) is 1. The predicted molar refractivity (Wildman–Crippen MR) is 70.2 cm³/mol. The van der Waals surface area contributed by atoms with Crippen LogP contribution in [0, 0.1) is 12.8 Å². The number of carbonyl (C=O) groups excluding carboxylic acids is 1. The summed E-state index contributed by atoms with van der Waals surface area (Å²) in [5.74, 6) is -1.32. The van der Waals surface area contributed by atoms with Crippen LogP contribution in [-0.4, -0.2) is 40.0 Å². The molecule has 0 atom stereocenters. The van der Waals surface area contributed by atoms with Crippen LogP contribution < -0.4 is 0 Å². The topological polar surface area (TPSA) is 70.5 Å². The number of aryl methyl sites for hydroxylation is 1. The normalized spacial score (nSPS) is 16.4. The zero-order valence-corrected chi connectivity index (χ0v) is 11.4. The van der Waals surface area contributed by atoms with E-state index in [4.69, 9.17) is 16.7 Å². The van der Waals surface area contributed by atoms with Crippen molar-refractivity contribution in [1.29, 1.82) is 0 Å². The summed E-state index contributed by atoms with van der Waals surface area (Å²) in [7, 11) is 0. The van der Waals surface area contributed by atoms with E-state index in [0.717, 1.165) is 5.69 Å². The maximum atomic E-state index is 12.3. The van der Waals surface area contributed by atoms with Crippen molar-refractivity contribution in [3.8, 4) is 0 Å². The Balaban J connectivity index is 2.07. The molecule has 0 bridgehead atoms. The number of carboxylic acids is 1. The predicted octanol–water partition coefficient (Wildman–Crippen LogP) is 1.98. The van der Waals surface area contributed by atoms with Crippen molar-refractivity contribution in [2.24, 2.45) is 5.92 Å². The molecule has 1 N–H and O–H groups in total. The van der Waals surface area contributed by atoms with E-state index in [-0.39, 0.29) is 11.8 Å². The lowest BCUT2D eigenvalue weighted by atomic mass is 9.97. The molecule has 1 saturated heterocycles. The molecule has 2 heterocycles. The summed E-state index contributed by atoms with van der Waals surface area (Å²) >= 11 is 6.04. The van der Waals surface area contributed by atoms with Crippen molar-refractivity contribution in [2.45, 2.75) is 19.8 Å². The number of hydrogen-bond acceptors (Lipinski definition) is 3. The summed E-state index contributed by atoms with van der Waals surface area (Å²) in [5, 5.41) is 9.31. The Hall–Kier alpha value is -1.62. The van der Waals surface area contributed by atoms with E-state index in [1.54, 1.807) is 17.9 Å². The van der Waals surface area contributed by atoms with Crippen molar-refractivity contribution in [2.75, 3.05) is 13.1 Å². The summed E-state index contributed by atoms with van der Waals surface area (Å²) in [5.41, 5.74) is 1.13. The van der Waals surface area contributed by atoms with Gasteiger partial charge in [0.15, 0.2) is 0 Å². The molecule has 1 aliphatic rings. The largest absolute Gasteiger partial charge is 0.481 e. The van der Waals surface area contributed by atoms with Gasteiger partial charge in [-0.3, -0.25) is 14.6 Å². The third-order valence-corrected chi connectivity index (χ3v) is 3.66. The number of carbonyl (C=O) groups is 2.